The summed E-state index contributed by atoms with van der Waals surface area (Å²) >= 11 is 12.1. The Morgan fingerprint density at radius 2 is 2.06 bits per heavy atom. The van der Waals surface area contributed by atoms with Gasteiger partial charge in [0, 0.05) is 13.2 Å². The molecule has 1 aromatic carbocycles. The van der Waals surface area contributed by atoms with Crippen LogP contribution in [-0.4, -0.2) is 16.6 Å². The van der Waals surface area contributed by atoms with Gasteiger partial charge in [0.15, 0.2) is 0 Å². The molecule has 0 amide bonds. The van der Waals surface area contributed by atoms with E-state index in [4.69, 9.17) is 23.2 Å². The Kier molecular flexibility index (Phi) is 3.08. The topological polar surface area (TPSA) is 29.9 Å². The van der Waals surface area contributed by atoms with Gasteiger partial charge in [-0.1, -0.05) is 29.3 Å². The predicted octanol–water partition coefficient (Wildman–Crippen LogP) is 3.53. The Morgan fingerprint density at radius 3 is 2.75 bits per heavy atom. The van der Waals surface area contributed by atoms with Gasteiger partial charge in [0.05, 0.1) is 21.4 Å². The summed E-state index contributed by atoms with van der Waals surface area (Å²) in [5.41, 5.74) is 1.74. The number of aromatic nitrogens is 2. The lowest BCUT2D eigenvalue weighted by Crippen LogP contribution is -2.01. The first-order chi connectivity index (χ1) is 7.63. The smallest absolute Gasteiger partial charge is 0.207 e. The summed E-state index contributed by atoms with van der Waals surface area (Å²) in [7, 11) is 1.82. The summed E-state index contributed by atoms with van der Waals surface area (Å²) in [6.07, 6.45) is 1.91. The Hall–Kier alpha value is -1.19. The van der Waals surface area contributed by atoms with Gasteiger partial charge in [0.2, 0.25) is 5.95 Å². The molecular formula is C11H11Cl2N3. The molecule has 0 spiro atoms. The molecule has 0 saturated carbocycles. The molecule has 16 heavy (non-hydrogen) atoms. The number of anilines is 1. The quantitative estimate of drug-likeness (QED) is 0.890. The fraction of sp³-hybridized carbons (Fsp3) is 0.182. The summed E-state index contributed by atoms with van der Waals surface area (Å²) in [5.74, 6) is 0.738. The van der Waals surface area contributed by atoms with Crippen molar-refractivity contribution in [3.63, 3.8) is 0 Å². The van der Waals surface area contributed by atoms with Crippen LogP contribution in [0.15, 0.2) is 24.4 Å². The molecule has 1 N–H and O–H groups in total. The highest BCUT2D eigenvalue weighted by Gasteiger charge is 2.10. The van der Waals surface area contributed by atoms with Gasteiger partial charge in [-0.25, -0.2) is 4.98 Å². The monoisotopic (exact) mass is 255 g/mol. The lowest BCUT2D eigenvalue weighted by molar-refractivity contribution is 1.05. The summed E-state index contributed by atoms with van der Waals surface area (Å²) in [6.45, 7) is 1.93. The third-order valence-corrected chi connectivity index (χ3v) is 3.05. The van der Waals surface area contributed by atoms with Crippen molar-refractivity contribution in [1.82, 2.24) is 9.55 Å². The summed E-state index contributed by atoms with van der Waals surface area (Å²) in [6, 6.07) is 5.52. The van der Waals surface area contributed by atoms with Gasteiger partial charge in [0.1, 0.15) is 0 Å². The first-order valence-electron chi connectivity index (χ1n) is 4.81. The molecule has 0 saturated heterocycles. The highest BCUT2D eigenvalue weighted by Crippen LogP contribution is 2.30. The number of imidazole rings is 1. The fourth-order valence-electron chi connectivity index (χ4n) is 1.54. The second kappa shape index (κ2) is 4.36. The number of nitrogens with zero attached hydrogens (tertiary/aromatic N) is 2. The fourth-order valence-corrected chi connectivity index (χ4v) is 1.92. The van der Waals surface area contributed by atoms with Crippen LogP contribution in [0, 0.1) is 6.92 Å². The number of hydrogen-bond donors (Lipinski definition) is 1. The van der Waals surface area contributed by atoms with Crippen LogP contribution in [0.3, 0.4) is 0 Å². The van der Waals surface area contributed by atoms with Crippen LogP contribution in [0.2, 0.25) is 10.0 Å². The van der Waals surface area contributed by atoms with E-state index in [1.807, 2.05) is 36.9 Å². The van der Waals surface area contributed by atoms with E-state index in [0.717, 1.165) is 17.3 Å². The average Bonchev–Trinajstić information content (AvgIpc) is 2.63. The van der Waals surface area contributed by atoms with Crippen molar-refractivity contribution >= 4 is 29.2 Å². The van der Waals surface area contributed by atoms with E-state index in [-0.39, 0.29) is 0 Å². The van der Waals surface area contributed by atoms with E-state index in [1.165, 1.54) is 0 Å². The molecule has 0 atom stereocenters. The van der Waals surface area contributed by atoms with Crippen molar-refractivity contribution in [3.05, 3.63) is 40.1 Å². The predicted molar refractivity (Wildman–Crippen MR) is 67.9 cm³/mol. The molecule has 1 heterocycles. The van der Waals surface area contributed by atoms with E-state index >= 15 is 0 Å². The van der Waals surface area contributed by atoms with E-state index in [1.54, 1.807) is 6.07 Å². The normalized spacial score (nSPS) is 10.5. The minimum absolute atomic E-state index is 0.526. The Bertz CT molecular complexity index is 520. The molecule has 2 aromatic rings. The van der Waals surface area contributed by atoms with Crippen molar-refractivity contribution in [1.29, 1.82) is 0 Å². The third kappa shape index (κ3) is 1.88. The molecule has 5 heteroatoms. The van der Waals surface area contributed by atoms with Crippen molar-refractivity contribution in [2.75, 3.05) is 12.4 Å². The maximum atomic E-state index is 6.16. The highest BCUT2D eigenvalue weighted by atomic mass is 35.5. The lowest BCUT2D eigenvalue weighted by atomic mass is 10.3. The SMILES string of the molecule is CNc1nc(C)cn1-c1cccc(Cl)c1Cl. The molecule has 0 aliphatic rings. The first-order valence-corrected chi connectivity index (χ1v) is 5.57. The van der Waals surface area contributed by atoms with Gasteiger partial charge in [-0.2, -0.15) is 0 Å². The van der Waals surface area contributed by atoms with Gasteiger partial charge in [0.25, 0.3) is 0 Å². The zero-order valence-electron chi connectivity index (χ0n) is 8.96. The largest absolute Gasteiger partial charge is 0.358 e. The van der Waals surface area contributed by atoms with E-state index in [2.05, 4.69) is 10.3 Å². The van der Waals surface area contributed by atoms with Gasteiger partial charge in [-0.3, -0.25) is 4.57 Å². The third-order valence-electron chi connectivity index (χ3n) is 2.24. The molecule has 0 bridgehead atoms. The van der Waals surface area contributed by atoms with Crippen LogP contribution in [0.5, 0.6) is 0 Å². The molecule has 2 rings (SSSR count). The number of rotatable bonds is 2. The van der Waals surface area contributed by atoms with E-state index in [9.17, 15) is 0 Å². The molecule has 0 fully saturated rings. The maximum Gasteiger partial charge on any atom is 0.207 e. The molecular weight excluding hydrogens is 245 g/mol. The Labute approximate surface area is 104 Å². The lowest BCUT2D eigenvalue weighted by Gasteiger charge is -2.09. The van der Waals surface area contributed by atoms with Crippen LogP contribution in [0.25, 0.3) is 5.69 Å². The van der Waals surface area contributed by atoms with Crippen LogP contribution in [0.4, 0.5) is 5.95 Å². The number of hydrogen-bond acceptors (Lipinski definition) is 2. The van der Waals surface area contributed by atoms with Crippen LogP contribution < -0.4 is 5.32 Å². The number of nitrogens with one attached hydrogen (secondary N) is 1. The Balaban J connectivity index is 2.62. The molecule has 3 nitrogen and oxygen atoms in total. The average molecular weight is 256 g/mol. The van der Waals surface area contributed by atoms with Gasteiger partial charge in [-0.05, 0) is 19.1 Å². The van der Waals surface area contributed by atoms with Gasteiger partial charge in [-0.15, -0.1) is 0 Å². The first kappa shape index (κ1) is 11.3. The van der Waals surface area contributed by atoms with E-state index in [0.29, 0.717) is 10.0 Å². The summed E-state index contributed by atoms with van der Waals surface area (Å²) < 4.78 is 1.88. The molecule has 1 aromatic heterocycles. The van der Waals surface area contributed by atoms with Gasteiger partial charge < -0.3 is 5.32 Å². The van der Waals surface area contributed by atoms with Crippen molar-refractivity contribution in [3.8, 4) is 5.69 Å². The van der Waals surface area contributed by atoms with Crippen molar-refractivity contribution < 1.29 is 0 Å². The van der Waals surface area contributed by atoms with Crippen LogP contribution in [0.1, 0.15) is 5.69 Å². The zero-order valence-corrected chi connectivity index (χ0v) is 10.5. The molecule has 0 aliphatic carbocycles. The second-order valence-electron chi connectivity index (χ2n) is 3.40. The molecule has 0 unspecified atom stereocenters. The summed E-state index contributed by atoms with van der Waals surface area (Å²) in [4.78, 5) is 4.33. The number of halogens is 2. The van der Waals surface area contributed by atoms with Gasteiger partial charge >= 0.3 is 0 Å². The van der Waals surface area contributed by atoms with Crippen molar-refractivity contribution in [2.24, 2.45) is 0 Å². The molecule has 0 aliphatic heterocycles. The number of aryl methyl sites for hydroxylation is 1. The standard InChI is InChI=1S/C11H11Cl2N3/c1-7-6-16(11(14-2)15-7)9-5-3-4-8(12)10(9)13/h3-6H,1-2H3,(H,14,15). The second-order valence-corrected chi connectivity index (χ2v) is 4.18. The van der Waals surface area contributed by atoms with Crippen molar-refractivity contribution in [2.45, 2.75) is 6.92 Å². The minimum atomic E-state index is 0.526. The maximum absolute atomic E-state index is 6.16. The summed E-state index contributed by atoms with van der Waals surface area (Å²) in [5, 5.41) is 4.07. The Morgan fingerprint density at radius 1 is 1.31 bits per heavy atom. The zero-order chi connectivity index (χ0) is 11.7. The van der Waals surface area contributed by atoms with Crippen LogP contribution >= 0.6 is 23.2 Å². The van der Waals surface area contributed by atoms with Crippen LogP contribution in [-0.2, 0) is 0 Å². The molecule has 0 radical (unpaired) electrons. The minimum Gasteiger partial charge on any atom is -0.358 e. The molecule has 84 valence electrons. The highest BCUT2D eigenvalue weighted by molar-refractivity contribution is 6.43. The van der Waals surface area contributed by atoms with E-state index < -0.39 is 0 Å². The number of benzene rings is 1.